The summed E-state index contributed by atoms with van der Waals surface area (Å²) in [6.45, 7) is 8.67. The number of carbonyl (C=O) groups is 8. The van der Waals surface area contributed by atoms with Crippen LogP contribution in [0.25, 0.3) is 0 Å². The number of amides is 7. The monoisotopic (exact) mass is 775 g/mol. The van der Waals surface area contributed by atoms with Gasteiger partial charge in [0.25, 0.3) is 0 Å². The van der Waals surface area contributed by atoms with Crippen LogP contribution in [-0.2, 0) is 38.4 Å². The van der Waals surface area contributed by atoms with E-state index in [1.54, 1.807) is 13.8 Å². The number of unbranched alkanes of at least 4 members (excludes halogenated alkanes) is 1. The van der Waals surface area contributed by atoms with Crippen molar-refractivity contribution < 1.29 is 58.8 Å². The van der Waals surface area contributed by atoms with Gasteiger partial charge in [-0.3, -0.25) is 33.6 Å². The van der Waals surface area contributed by atoms with Gasteiger partial charge in [-0.15, -0.1) is 0 Å². The number of carboxylic acid groups (broad SMARTS) is 1. The number of aliphatic carboxylic acids is 1. The average molecular weight is 776 g/mol. The third-order valence-electron chi connectivity index (χ3n) is 8.18. The molecule has 0 saturated carbocycles. The Hall–Kier alpha value is -4.44. The number of nitrogens with one attached hydrogen (secondary N) is 6. The largest absolute Gasteiger partial charge is 0.480 e. The molecule has 16 N–H and O–H groups in total. The Morgan fingerprint density at radius 2 is 1.02 bits per heavy atom. The minimum atomic E-state index is -1.83. The molecule has 0 unspecified atom stereocenters. The van der Waals surface area contributed by atoms with Crippen molar-refractivity contribution in [2.24, 2.45) is 29.0 Å². The van der Waals surface area contributed by atoms with Gasteiger partial charge in [0.15, 0.2) is 0 Å². The summed E-state index contributed by atoms with van der Waals surface area (Å²) in [5.74, 6) is -8.40. The van der Waals surface area contributed by atoms with Gasteiger partial charge in [0.2, 0.25) is 41.4 Å². The molecule has 21 nitrogen and oxygen atoms in total. The van der Waals surface area contributed by atoms with Crippen molar-refractivity contribution in [3.8, 4) is 0 Å². The molecule has 21 heteroatoms. The summed E-state index contributed by atoms with van der Waals surface area (Å²) in [6.07, 6.45) is -3.05. The maximum absolute atomic E-state index is 13.6. The highest BCUT2D eigenvalue weighted by Crippen LogP contribution is 2.10. The first-order chi connectivity index (χ1) is 25.1. The van der Waals surface area contributed by atoms with Gasteiger partial charge < -0.3 is 69.5 Å². The summed E-state index contributed by atoms with van der Waals surface area (Å²) < 4.78 is 0. The van der Waals surface area contributed by atoms with E-state index >= 15 is 0 Å². The van der Waals surface area contributed by atoms with E-state index in [-0.39, 0.29) is 31.2 Å². The Morgan fingerprint density at radius 3 is 1.46 bits per heavy atom. The molecule has 54 heavy (non-hydrogen) atoms. The summed E-state index contributed by atoms with van der Waals surface area (Å²) >= 11 is 0. The van der Waals surface area contributed by atoms with Crippen LogP contribution in [0.5, 0.6) is 0 Å². The fraction of sp³-hybridized carbons (Fsp3) is 0.758. The first-order valence-electron chi connectivity index (χ1n) is 17.8. The number of aliphatic hydroxyl groups is 3. The number of aliphatic hydroxyl groups excluding tert-OH is 3. The molecule has 0 saturated heterocycles. The zero-order valence-corrected chi connectivity index (χ0v) is 31.8. The molecule has 0 bridgehead atoms. The van der Waals surface area contributed by atoms with E-state index < -0.39 is 121 Å². The number of carboxylic acids is 1. The summed E-state index contributed by atoms with van der Waals surface area (Å²) in [5.41, 5.74) is 16.7. The number of hydrogen-bond donors (Lipinski definition) is 13. The van der Waals surface area contributed by atoms with Gasteiger partial charge in [-0.25, -0.2) is 4.79 Å². The molecule has 7 amide bonds. The zero-order valence-electron chi connectivity index (χ0n) is 31.8. The van der Waals surface area contributed by atoms with Gasteiger partial charge in [-0.1, -0.05) is 27.7 Å². The van der Waals surface area contributed by atoms with Crippen molar-refractivity contribution in [2.75, 3.05) is 13.2 Å². The number of primary amides is 1. The fourth-order valence-corrected chi connectivity index (χ4v) is 4.89. The molecule has 0 aliphatic heterocycles. The van der Waals surface area contributed by atoms with Crippen LogP contribution < -0.4 is 49.1 Å². The minimum Gasteiger partial charge on any atom is -0.480 e. The lowest BCUT2D eigenvalue weighted by Gasteiger charge is -2.29. The third kappa shape index (κ3) is 18.1. The first-order valence-corrected chi connectivity index (χ1v) is 17.8. The summed E-state index contributed by atoms with van der Waals surface area (Å²) in [6, 6.07) is -10.2. The van der Waals surface area contributed by atoms with E-state index in [0.717, 1.165) is 13.8 Å². The minimum absolute atomic E-state index is 0.0449. The topological polar surface area (TPSA) is 368 Å². The summed E-state index contributed by atoms with van der Waals surface area (Å²) in [5, 5.41) is 53.3. The van der Waals surface area contributed by atoms with Crippen LogP contribution in [0.1, 0.15) is 80.1 Å². The van der Waals surface area contributed by atoms with Crippen molar-refractivity contribution in [3.05, 3.63) is 0 Å². The molecule has 0 aliphatic rings. The Labute approximate surface area is 314 Å². The molecule has 0 heterocycles. The molecular weight excluding hydrogens is 714 g/mol. The van der Waals surface area contributed by atoms with E-state index in [1.807, 2.05) is 19.2 Å². The van der Waals surface area contributed by atoms with Crippen LogP contribution in [0.15, 0.2) is 0 Å². The number of hydrogen-bond acceptors (Lipinski definition) is 13. The van der Waals surface area contributed by atoms with Gasteiger partial charge in [-0.2, -0.15) is 0 Å². The fourth-order valence-electron chi connectivity index (χ4n) is 4.89. The lowest BCUT2D eigenvalue weighted by Crippen LogP contribution is -2.63. The molecule has 0 rings (SSSR count). The average Bonchev–Trinajstić information content (AvgIpc) is 3.07. The number of carbonyl (C=O) groups excluding carboxylic acids is 7. The molecule has 0 fully saturated rings. The molecule has 0 aromatic heterocycles. The zero-order chi connectivity index (χ0) is 41.9. The standard InChI is InChI=1S/C33H61N9O12/c1-15(2)13-21(39-30(50)24(36)16(3)4)29(49)37-19(9-7-8-12-34)28(48)41-26(18(6)45)32(52)42-25(17(5)44)31(51)38-20(10-11-23(35)46)27(47)40-22(14-43)33(53)54/h15-22,24-26,43-45H,7-14,34,36H2,1-6H3,(H2,35,46)(H,37,49)(H,38,51)(H,39,50)(H,40,47)(H,41,48)(H,42,52)(H,53,54)/t17-,18-,19+,20+,21+,22+,24+,25+,26+/m1/s1. The SMILES string of the molecule is CC(C)C[C@H](NC(=O)[C@@H](N)C(C)C)C(=O)N[C@@H](CCCCN)C(=O)N[C@H](C(=O)N[C@H](C(=O)N[C@@H](CCC(N)=O)C(=O)N[C@@H](CO)C(=O)O)[C@@H](C)O)[C@@H](C)O. The second-order valence-corrected chi connectivity index (χ2v) is 13.9. The maximum Gasteiger partial charge on any atom is 0.328 e. The summed E-state index contributed by atoms with van der Waals surface area (Å²) in [4.78, 5) is 102. The normalized spacial score (nSPS) is 16.3. The third-order valence-corrected chi connectivity index (χ3v) is 8.18. The van der Waals surface area contributed by atoms with Crippen LogP contribution in [0, 0.1) is 11.8 Å². The molecule has 310 valence electrons. The van der Waals surface area contributed by atoms with E-state index in [0.29, 0.717) is 12.8 Å². The molecule has 0 aromatic rings. The van der Waals surface area contributed by atoms with Gasteiger partial charge in [0.05, 0.1) is 24.9 Å². The molecule has 0 aromatic carbocycles. The van der Waals surface area contributed by atoms with E-state index in [2.05, 4.69) is 26.6 Å². The number of rotatable bonds is 26. The van der Waals surface area contributed by atoms with Crippen LogP contribution in [0.4, 0.5) is 0 Å². The summed E-state index contributed by atoms with van der Waals surface area (Å²) in [7, 11) is 0. The van der Waals surface area contributed by atoms with Crippen molar-refractivity contribution >= 4 is 47.3 Å². The second-order valence-electron chi connectivity index (χ2n) is 13.9. The molecular formula is C33H61N9O12. The van der Waals surface area contributed by atoms with Crippen LogP contribution >= 0.6 is 0 Å². The van der Waals surface area contributed by atoms with Crippen LogP contribution in [-0.4, -0.2) is 135 Å². The van der Waals surface area contributed by atoms with E-state index in [1.165, 1.54) is 0 Å². The Morgan fingerprint density at radius 1 is 0.593 bits per heavy atom. The Balaban J connectivity index is 6.22. The molecule has 9 atom stereocenters. The second kappa shape index (κ2) is 24.8. The lowest BCUT2D eigenvalue weighted by atomic mass is 9.99. The van der Waals surface area contributed by atoms with Crippen molar-refractivity contribution in [2.45, 2.75) is 135 Å². The Bertz CT molecular complexity index is 1280. The highest BCUT2D eigenvalue weighted by atomic mass is 16.4. The van der Waals surface area contributed by atoms with E-state index in [9.17, 15) is 53.7 Å². The molecule has 0 radical (unpaired) electrons. The highest BCUT2D eigenvalue weighted by molar-refractivity contribution is 5.97. The van der Waals surface area contributed by atoms with Gasteiger partial charge in [-0.05, 0) is 64.3 Å². The van der Waals surface area contributed by atoms with Gasteiger partial charge in [0, 0.05) is 6.42 Å². The van der Waals surface area contributed by atoms with Gasteiger partial charge in [0.1, 0.15) is 36.3 Å². The predicted molar refractivity (Wildman–Crippen MR) is 193 cm³/mol. The smallest absolute Gasteiger partial charge is 0.328 e. The maximum atomic E-state index is 13.6. The van der Waals surface area contributed by atoms with Gasteiger partial charge >= 0.3 is 5.97 Å². The molecule has 0 aliphatic carbocycles. The predicted octanol–water partition coefficient (Wildman–Crippen LogP) is -4.84. The highest BCUT2D eigenvalue weighted by Gasteiger charge is 2.36. The quantitative estimate of drug-likeness (QED) is 0.0367. The van der Waals surface area contributed by atoms with Crippen molar-refractivity contribution in [3.63, 3.8) is 0 Å². The van der Waals surface area contributed by atoms with E-state index in [4.69, 9.17) is 22.3 Å². The molecule has 0 spiro atoms. The van der Waals surface area contributed by atoms with Crippen LogP contribution in [0.2, 0.25) is 0 Å². The van der Waals surface area contributed by atoms with Crippen molar-refractivity contribution in [1.82, 2.24) is 31.9 Å². The first kappa shape index (κ1) is 49.6. The van der Waals surface area contributed by atoms with Crippen molar-refractivity contribution in [1.29, 1.82) is 0 Å². The Kier molecular flexibility index (Phi) is 22.8. The number of nitrogens with two attached hydrogens (primary N) is 3. The van der Waals surface area contributed by atoms with Crippen LogP contribution in [0.3, 0.4) is 0 Å². The lowest BCUT2D eigenvalue weighted by molar-refractivity contribution is -0.143.